The van der Waals surface area contributed by atoms with Crippen molar-refractivity contribution in [3.8, 4) is 0 Å². The van der Waals surface area contributed by atoms with Crippen molar-refractivity contribution < 1.29 is 18.7 Å². The third-order valence-electron chi connectivity index (χ3n) is 2.44. The van der Waals surface area contributed by atoms with Gasteiger partial charge in [-0.05, 0) is 19.9 Å². The number of rotatable bonds is 4. The first kappa shape index (κ1) is 14.4. The summed E-state index contributed by atoms with van der Waals surface area (Å²) in [6, 6.07) is 2.44. The molecule has 1 aromatic rings. The molecule has 0 radical (unpaired) electrons. The molecule has 0 saturated carbocycles. The van der Waals surface area contributed by atoms with Crippen molar-refractivity contribution in [2.45, 2.75) is 19.4 Å². The number of benzene rings is 1. The molecule has 18 heavy (non-hydrogen) atoms. The summed E-state index contributed by atoms with van der Waals surface area (Å²) in [5.41, 5.74) is -1.68. The lowest BCUT2D eigenvalue weighted by Gasteiger charge is -2.24. The Morgan fingerprint density at radius 1 is 1.39 bits per heavy atom. The summed E-state index contributed by atoms with van der Waals surface area (Å²) in [7, 11) is 0. The topological polar surface area (TPSA) is 61.4 Å². The van der Waals surface area contributed by atoms with E-state index in [4.69, 9.17) is 0 Å². The van der Waals surface area contributed by atoms with Gasteiger partial charge in [-0.15, -0.1) is 0 Å². The van der Waals surface area contributed by atoms with Crippen molar-refractivity contribution in [2.75, 3.05) is 13.1 Å². The number of urea groups is 1. The normalized spacial score (nSPS) is 13.8. The van der Waals surface area contributed by atoms with Crippen LogP contribution < -0.4 is 10.6 Å². The van der Waals surface area contributed by atoms with Gasteiger partial charge in [0.2, 0.25) is 0 Å². The standard InChI is InChI=1S/C12H16F2N2O2/c1-3-15-11(17)16-7-12(2,18)9-5-4-8(13)6-10(9)14/h4-6,18H,3,7H2,1-2H3,(H2,15,16,17). The predicted molar refractivity (Wildman–Crippen MR) is 63.0 cm³/mol. The zero-order valence-electron chi connectivity index (χ0n) is 10.3. The van der Waals surface area contributed by atoms with E-state index in [-0.39, 0.29) is 12.1 Å². The fourth-order valence-corrected chi connectivity index (χ4v) is 1.50. The molecule has 1 rings (SSSR count). The third-order valence-corrected chi connectivity index (χ3v) is 2.44. The monoisotopic (exact) mass is 258 g/mol. The van der Waals surface area contributed by atoms with Crippen LogP contribution in [0.2, 0.25) is 0 Å². The first-order valence-electron chi connectivity index (χ1n) is 5.56. The summed E-state index contributed by atoms with van der Waals surface area (Å²) in [6.45, 7) is 3.35. The summed E-state index contributed by atoms with van der Waals surface area (Å²) in [4.78, 5) is 11.2. The summed E-state index contributed by atoms with van der Waals surface area (Å²) < 4.78 is 26.2. The van der Waals surface area contributed by atoms with Crippen LogP contribution in [0.15, 0.2) is 18.2 Å². The van der Waals surface area contributed by atoms with E-state index in [9.17, 15) is 18.7 Å². The number of carbonyl (C=O) groups excluding carboxylic acids is 1. The van der Waals surface area contributed by atoms with E-state index in [2.05, 4.69) is 10.6 Å². The molecule has 2 amide bonds. The van der Waals surface area contributed by atoms with Crippen LogP contribution in [0.3, 0.4) is 0 Å². The highest BCUT2D eigenvalue weighted by Gasteiger charge is 2.27. The van der Waals surface area contributed by atoms with E-state index in [1.807, 2.05) is 0 Å². The number of aliphatic hydroxyl groups is 1. The van der Waals surface area contributed by atoms with Crippen molar-refractivity contribution in [3.05, 3.63) is 35.4 Å². The van der Waals surface area contributed by atoms with E-state index >= 15 is 0 Å². The quantitative estimate of drug-likeness (QED) is 0.766. The predicted octanol–water partition coefficient (Wildman–Crippen LogP) is 1.49. The molecule has 1 atom stereocenters. The summed E-state index contributed by atoms with van der Waals surface area (Å²) in [5, 5.41) is 15.0. The van der Waals surface area contributed by atoms with Gasteiger partial charge in [-0.1, -0.05) is 6.07 Å². The molecule has 3 N–H and O–H groups in total. The lowest BCUT2D eigenvalue weighted by Crippen LogP contribution is -2.43. The number of amides is 2. The van der Waals surface area contributed by atoms with Gasteiger partial charge in [0, 0.05) is 18.2 Å². The van der Waals surface area contributed by atoms with Crippen LogP contribution in [0.4, 0.5) is 13.6 Å². The fourth-order valence-electron chi connectivity index (χ4n) is 1.50. The molecule has 0 aliphatic rings. The van der Waals surface area contributed by atoms with Gasteiger partial charge in [-0.25, -0.2) is 13.6 Å². The lowest BCUT2D eigenvalue weighted by atomic mass is 9.95. The second kappa shape index (κ2) is 5.77. The minimum Gasteiger partial charge on any atom is -0.383 e. The van der Waals surface area contributed by atoms with Crippen molar-refractivity contribution in [1.29, 1.82) is 0 Å². The van der Waals surface area contributed by atoms with Crippen LogP contribution >= 0.6 is 0 Å². The van der Waals surface area contributed by atoms with E-state index in [1.165, 1.54) is 6.92 Å². The van der Waals surface area contributed by atoms with Gasteiger partial charge < -0.3 is 15.7 Å². The van der Waals surface area contributed by atoms with Crippen LogP contribution in [-0.2, 0) is 5.60 Å². The number of carbonyl (C=O) groups is 1. The molecule has 1 unspecified atom stereocenters. The Labute approximate surface area is 104 Å². The minimum absolute atomic E-state index is 0.0688. The van der Waals surface area contributed by atoms with Crippen molar-refractivity contribution in [3.63, 3.8) is 0 Å². The van der Waals surface area contributed by atoms with Crippen LogP contribution in [0, 0.1) is 11.6 Å². The largest absolute Gasteiger partial charge is 0.383 e. The summed E-state index contributed by atoms with van der Waals surface area (Å²) in [5.74, 6) is -1.57. The molecule has 4 nitrogen and oxygen atoms in total. The molecular formula is C12H16F2N2O2. The van der Waals surface area contributed by atoms with Gasteiger partial charge in [-0.2, -0.15) is 0 Å². The average molecular weight is 258 g/mol. The average Bonchev–Trinajstić information content (AvgIpc) is 2.26. The minimum atomic E-state index is -1.61. The van der Waals surface area contributed by atoms with E-state index in [1.54, 1.807) is 6.92 Å². The zero-order valence-corrected chi connectivity index (χ0v) is 10.3. The molecule has 0 fully saturated rings. The number of hydrogen-bond acceptors (Lipinski definition) is 2. The smallest absolute Gasteiger partial charge is 0.314 e. The molecule has 0 aliphatic heterocycles. The van der Waals surface area contributed by atoms with Gasteiger partial charge in [0.1, 0.15) is 17.2 Å². The number of halogens is 2. The molecule has 0 spiro atoms. The van der Waals surface area contributed by atoms with Crippen LogP contribution in [0.1, 0.15) is 19.4 Å². The SMILES string of the molecule is CCNC(=O)NCC(C)(O)c1ccc(F)cc1F. The van der Waals surface area contributed by atoms with Crippen LogP contribution in [0.25, 0.3) is 0 Å². The summed E-state index contributed by atoms with van der Waals surface area (Å²) in [6.07, 6.45) is 0. The van der Waals surface area contributed by atoms with Gasteiger partial charge in [-0.3, -0.25) is 0 Å². The Hall–Kier alpha value is -1.69. The van der Waals surface area contributed by atoms with Gasteiger partial charge >= 0.3 is 6.03 Å². The molecule has 0 aliphatic carbocycles. The Morgan fingerprint density at radius 2 is 2.06 bits per heavy atom. The maximum Gasteiger partial charge on any atom is 0.314 e. The Bertz CT molecular complexity index is 436. The molecular weight excluding hydrogens is 242 g/mol. The van der Waals surface area contributed by atoms with E-state index < -0.39 is 23.3 Å². The first-order chi connectivity index (χ1) is 8.36. The molecule has 100 valence electrons. The molecule has 1 aromatic carbocycles. The maximum absolute atomic E-state index is 13.5. The Morgan fingerprint density at radius 3 is 2.61 bits per heavy atom. The first-order valence-corrected chi connectivity index (χ1v) is 5.56. The highest BCUT2D eigenvalue weighted by Crippen LogP contribution is 2.23. The zero-order chi connectivity index (χ0) is 13.8. The number of hydrogen-bond donors (Lipinski definition) is 3. The van der Waals surface area contributed by atoms with E-state index in [0.29, 0.717) is 12.6 Å². The molecule has 0 bridgehead atoms. The van der Waals surface area contributed by atoms with E-state index in [0.717, 1.165) is 12.1 Å². The van der Waals surface area contributed by atoms with Gasteiger partial charge in [0.15, 0.2) is 0 Å². The van der Waals surface area contributed by atoms with Crippen molar-refractivity contribution >= 4 is 6.03 Å². The Balaban J connectivity index is 2.76. The second-order valence-electron chi connectivity index (χ2n) is 4.11. The van der Waals surface area contributed by atoms with Gasteiger partial charge in [0.05, 0.1) is 6.54 Å². The third kappa shape index (κ3) is 3.66. The molecule has 0 heterocycles. The van der Waals surface area contributed by atoms with Crippen LogP contribution in [0.5, 0.6) is 0 Å². The van der Waals surface area contributed by atoms with Crippen LogP contribution in [-0.4, -0.2) is 24.2 Å². The van der Waals surface area contributed by atoms with Crippen molar-refractivity contribution in [2.24, 2.45) is 0 Å². The lowest BCUT2D eigenvalue weighted by molar-refractivity contribution is 0.0555. The molecule has 0 saturated heterocycles. The number of nitrogens with one attached hydrogen (secondary N) is 2. The van der Waals surface area contributed by atoms with Crippen molar-refractivity contribution in [1.82, 2.24) is 10.6 Å². The molecule has 0 aromatic heterocycles. The highest BCUT2D eigenvalue weighted by atomic mass is 19.1. The molecule has 6 heteroatoms. The summed E-state index contributed by atoms with van der Waals surface area (Å²) >= 11 is 0. The fraction of sp³-hybridized carbons (Fsp3) is 0.417. The highest BCUT2D eigenvalue weighted by molar-refractivity contribution is 5.73. The second-order valence-corrected chi connectivity index (χ2v) is 4.11. The maximum atomic E-state index is 13.5. The Kier molecular flexibility index (Phi) is 4.61. The van der Waals surface area contributed by atoms with Gasteiger partial charge in [0.25, 0.3) is 0 Å².